The molecule has 1 unspecified atom stereocenters. The van der Waals surface area contributed by atoms with E-state index in [0.717, 1.165) is 23.6 Å². The molecule has 0 aliphatic carbocycles. The van der Waals surface area contributed by atoms with Crippen LogP contribution >= 0.6 is 11.8 Å². The highest BCUT2D eigenvalue weighted by Crippen LogP contribution is 2.22. The third kappa shape index (κ3) is 2.85. The highest BCUT2D eigenvalue weighted by molar-refractivity contribution is 8.00. The van der Waals surface area contributed by atoms with E-state index < -0.39 is 0 Å². The number of carbonyl (C=O) groups is 1. The summed E-state index contributed by atoms with van der Waals surface area (Å²) in [6.07, 6.45) is 4.73. The molecule has 18 heavy (non-hydrogen) atoms. The largest absolute Gasteiger partial charge is 0.355 e. The number of nitrogens with zero attached hydrogens (tertiary/aromatic N) is 2. The Morgan fingerprint density at radius 3 is 3.17 bits per heavy atom. The maximum atomic E-state index is 11.8. The van der Waals surface area contributed by atoms with Crippen LogP contribution in [0.1, 0.15) is 20.3 Å². The first kappa shape index (κ1) is 13.0. The summed E-state index contributed by atoms with van der Waals surface area (Å²) in [6.45, 7) is 4.67. The first-order chi connectivity index (χ1) is 8.72. The summed E-state index contributed by atoms with van der Waals surface area (Å²) >= 11 is 1.48. The highest BCUT2D eigenvalue weighted by Gasteiger charge is 2.16. The molecule has 0 fully saturated rings. The van der Waals surface area contributed by atoms with Crippen molar-refractivity contribution in [3.8, 4) is 0 Å². The molecular formula is C13H17N3OS. The van der Waals surface area contributed by atoms with E-state index in [1.54, 1.807) is 0 Å². The molecule has 0 aliphatic rings. The van der Waals surface area contributed by atoms with Gasteiger partial charge in [-0.05, 0) is 25.5 Å². The predicted octanol–water partition coefficient (Wildman–Crippen LogP) is 2.34. The second-order valence-electron chi connectivity index (χ2n) is 4.09. The minimum absolute atomic E-state index is 0.0644. The normalized spacial score (nSPS) is 12.6. The zero-order valence-corrected chi connectivity index (χ0v) is 11.4. The van der Waals surface area contributed by atoms with Gasteiger partial charge in [0.05, 0.1) is 17.0 Å². The zero-order valence-electron chi connectivity index (χ0n) is 10.6. The van der Waals surface area contributed by atoms with Crippen molar-refractivity contribution >= 4 is 23.2 Å². The van der Waals surface area contributed by atoms with Crippen molar-refractivity contribution in [2.45, 2.75) is 30.7 Å². The number of aromatic nitrogens is 2. The lowest BCUT2D eigenvalue weighted by atomic mass is 10.4. The molecule has 1 amide bonds. The number of nitrogens with one attached hydrogen (secondary N) is 1. The van der Waals surface area contributed by atoms with Crippen LogP contribution in [-0.2, 0) is 4.79 Å². The van der Waals surface area contributed by atoms with E-state index in [1.807, 2.05) is 48.8 Å². The van der Waals surface area contributed by atoms with Gasteiger partial charge < -0.3 is 5.32 Å². The van der Waals surface area contributed by atoms with E-state index in [9.17, 15) is 4.79 Å². The van der Waals surface area contributed by atoms with Gasteiger partial charge in [-0.15, -0.1) is 0 Å². The molecule has 1 N–H and O–H groups in total. The number of carbonyl (C=O) groups excluding carboxylic acids is 1. The van der Waals surface area contributed by atoms with Crippen molar-refractivity contribution in [2.75, 3.05) is 6.54 Å². The van der Waals surface area contributed by atoms with E-state index in [4.69, 9.17) is 0 Å². The fourth-order valence-electron chi connectivity index (χ4n) is 1.61. The SMILES string of the molecule is CCCNC(=O)C(C)Sc1ncc2ccccn12. The Kier molecular flexibility index (Phi) is 4.25. The molecule has 5 heteroatoms. The lowest BCUT2D eigenvalue weighted by Crippen LogP contribution is -2.31. The molecule has 0 saturated carbocycles. The number of hydrogen-bond donors (Lipinski definition) is 1. The second-order valence-corrected chi connectivity index (χ2v) is 5.40. The van der Waals surface area contributed by atoms with Crippen molar-refractivity contribution in [3.05, 3.63) is 30.6 Å². The first-order valence-electron chi connectivity index (χ1n) is 6.09. The average molecular weight is 263 g/mol. The van der Waals surface area contributed by atoms with Crippen molar-refractivity contribution in [2.24, 2.45) is 0 Å². The summed E-state index contributed by atoms with van der Waals surface area (Å²) < 4.78 is 1.99. The fraction of sp³-hybridized carbons (Fsp3) is 0.385. The van der Waals surface area contributed by atoms with Gasteiger partial charge in [-0.2, -0.15) is 0 Å². The maximum Gasteiger partial charge on any atom is 0.233 e. The van der Waals surface area contributed by atoms with Crippen molar-refractivity contribution < 1.29 is 4.79 Å². The Morgan fingerprint density at radius 1 is 1.56 bits per heavy atom. The molecule has 2 aromatic rings. The molecule has 0 saturated heterocycles. The molecule has 0 radical (unpaired) electrons. The summed E-state index contributed by atoms with van der Waals surface area (Å²) in [4.78, 5) is 16.1. The summed E-state index contributed by atoms with van der Waals surface area (Å²) in [6, 6.07) is 5.93. The number of pyridine rings is 1. The Labute approximate surface area is 111 Å². The van der Waals surface area contributed by atoms with E-state index in [0.29, 0.717) is 0 Å². The number of hydrogen-bond acceptors (Lipinski definition) is 3. The summed E-state index contributed by atoms with van der Waals surface area (Å²) in [5.41, 5.74) is 1.04. The number of rotatable bonds is 5. The van der Waals surface area contributed by atoms with Gasteiger partial charge >= 0.3 is 0 Å². The topological polar surface area (TPSA) is 46.4 Å². The van der Waals surface area contributed by atoms with Crippen LogP contribution in [0.2, 0.25) is 0 Å². The van der Waals surface area contributed by atoms with E-state index in [2.05, 4.69) is 10.3 Å². The van der Waals surface area contributed by atoms with Crippen LogP contribution in [0.4, 0.5) is 0 Å². The predicted molar refractivity (Wildman–Crippen MR) is 73.8 cm³/mol. The van der Waals surface area contributed by atoms with Crippen LogP contribution in [0.25, 0.3) is 5.52 Å². The highest BCUT2D eigenvalue weighted by atomic mass is 32.2. The molecule has 2 rings (SSSR count). The molecule has 2 aromatic heterocycles. The number of thioether (sulfide) groups is 1. The Hall–Kier alpha value is -1.49. The number of fused-ring (bicyclic) bond motifs is 1. The quantitative estimate of drug-likeness (QED) is 0.842. The fourth-order valence-corrected chi connectivity index (χ4v) is 2.51. The van der Waals surface area contributed by atoms with Crippen LogP contribution < -0.4 is 5.32 Å². The van der Waals surface area contributed by atoms with Gasteiger partial charge in [-0.3, -0.25) is 9.20 Å². The molecule has 1 atom stereocenters. The van der Waals surface area contributed by atoms with Crippen LogP contribution in [0.15, 0.2) is 35.7 Å². The zero-order chi connectivity index (χ0) is 13.0. The van der Waals surface area contributed by atoms with E-state index >= 15 is 0 Å². The average Bonchev–Trinajstić information content (AvgIpc) is 2.79. The third-order valence-corrected chi connectivity index (χ3v) is 3.69. The van der Waals surface area contributed by atoms with Crippen molar-refractivity contribution in [1.29, 1.82) is 0 Å². The Bertz CT molecular complexity index is 538. The lowest BCUT2D eigenvalue weighted by Gasteiger charge is -2.10. The smallest absolute Gasteiger partial charge is 0.233 e. The molecule has 96 valence electrons. The molecule has 4 nitrogen and oxygen atoms in total. The van der Waals surface area contributed by atoms with Crippen molar-refractivity contribution in [3.63, 3.8) is 0 Å². The van der Waals surface area contributed by atoms with E-state index in [1.165, 1.54) is 11.8 Å². The van der Waals surface area contributed by atoms with Crippen LogP contribution in [0.5, 0.6) is 0 Å². The first-order valence-corrected chi connectivity index (χ1v) is 6.96. The summed E-state index contributed by atoms with van der Waals surface area (Å²) in [5, 5.41) is 3.61. The molecule has 0 bridgehead atoms. The Balaban J connectivity index is 2.07. The van der Waals surface area contributed by atoms with Gasteiger partial charge in [0.15, 0.2) is 5.16 Å². The van der Waals surface area contributed by atoms with Gasteiger partial charge in [0.2, 0.25) is 5.91 Å². The van der Waals surface area contributed by atoms with E-state index in [-0.39, 0.29) is 11.2 Å². The lowest BCUT2D eigenvalue weighted by molar-refractivity contribution is -0.120. The molecule has 0 aliphatic heterocycles. The molecule has 2 heterocycles. The van der Waals surface area contributed by atoms with Gasteiger partial charge in [-0.25, -0.2) is 4.98 Å². The van der Waals surface area contributed by atoms with Crippen LogP contribution in [0.3, 0.4) is 0 Å². The van der Waals surface area contributed by atoms with Crippen LogP contribution in [-0.4, -0.2) is 27.1 Å². The standard InChI is InChI=1S/C13H17N3OS/c1-3-7-14-12(17)10(2)18-13-15-9-11-6-4-5-8-16(11)13/h4-6,8-10H,3,7H2,1-2H3,(H,14,17). The Morgan fingerprint density at radius 2 is 2.39 bits per heavy atom. The third-order valence-electron chi connectivity index (χ3n) is 2.61. The number of imidazole rings is 1. The van der Waals surface area contributed by atoms with Gasteiger partial charge in [0.1, 0.15) is 0 Å². The molecule has 0 spiro atoms. The molecular weight excluding hydrogens is 246 g/mol. The van der Waals surface area contributed by atoms with Crippen LogP contribution in [0, 0.1) is 0 Å². The van der Waals surface area contributed by atoms with Gasteiger partial charge in [-0.1, -0.05) is 24.8 Å². The molecule has 0 aromatic carbocycles. The monoisotopic (exact) mass is 263 g/mol. The van der Waals surface area contributed by atoms with Gasteiger partial charge in [0, 0.05) is 12.7 Å². The summed E-state index contributed by atoms with van der Waals surface area (Å²) in [5.74, 6) is 0.0644. The number of amides is 1. The minimum atomic E-state index is -0.137. The second kappa shape index (κ2) is 5.91. The van der Waals surface area contributed by atoms with Crippen molar-refractivity contribution in [1.82, 2.24) is 14.7 Å². The summed E-state index contributed by atoms with van der Waals surface area (Å²) in [7, 11) is 0. The minimum Gasteiger partial charge on any atom is -0.355 e. The van der Waals surface area contributed by atoms with Gasteiger partial charge in [0.25, 0.3) is 0 Å². The maximum absolute atomic E-state index is 11.8.